The Balaban J connectivity index is 2.39. The zero-order valence-electron chi connectivity index (χ0n) is 13.7. The van der Waals surface area contributed by atoms with Crippen molar-refractivity contribution >= 4 is 16.2 Å². The number of carboxylic acid groups (broad SMARTS) is 1. The van der Waals surface area contributed by atoms with Crippen molar-refractivity contribution in [3.05, 3.63) is 35.1 Å². The van der Waals surface area contributed by atoms with Gasteiger partial charge in [-0.2, -0.15) is 17.9 Å². The van der Waals surface area contributed by atoms with Crippen molar-refractivity contribution in [1.29, 1.82) is 0 Å². The summed E-state index contributed by atoms with van der Waals surface area (Å²) in [6.45, 7) is 5.17. The Labute approximate surface area is 140 Å². The maximum atomic E-state index is 13.5. The molecule has 0 aromatic heterocycles. The van der Waals surface area contributed by atoms with Gasteiger partial charge in [0.1, 0.15) is 11.4 Å². The third kappa shape index (κ3) is 4.50. The first-order valence-electron chi connectivity index (χ1n) is 7.34. The summed E-state index contributed by atoms with van der Waals surface area (Å²) in [7, 11) is -3.88. The number of hydrogen-bond donors (Lipinski definition) is 3. The lowest BCUT2D eigenvalue weighted by atomic mass is 9.84. The Bertz CT molecular complexity index is 739. The van der Waals surface area contributed by atoms with Gasteiger partial charge >= 0.3 is 5.97 Å². The van der Waals surface area contributed by atoms with Gasteiger partial charge < -0.3 is 9.84 Å². The first-order valence-corrected chi connectivity index (χ1v) is 8.82. The molecule has 0 radical (unpaired) electrons. The van der Waals surface area contributed by atoms with E-state index in [-0.39, 0.29) is 18.8 Å². The van der Waals surface area contributed by atoms with Gasteiger partial charge in [-0.05, 0) is 44.0 Å². The summed E-state index contributed by atoms with van der Waals surface area (Å²) in [6, 6.07) is 3.68. The average Bonchev–Trinajstić information content (AvgIpc) is 2.30. The van der Waals surface area contributed by atoms with Crippen molar-refractivity contribution in [2.45, 2.75) is 38.3 Å². The Morgan fingerprint density at radius 2 is 2.00 bits per heavy atom. The second kappa shape index (κ2) is 6.40. The predicted octanol–water partition coefficient (Wildman–Crippen LogP) is 0.901. The fourth-order valence-corrected chi connectivity index (χ4v) is 4.20. The Morgan fingerprint density at radius 3 is 2.46 bits per heavy atom. The largest absolute Gasteiger partial charge is 0.481 e. The average molecular weight is 360 g/mol. The molecule has 9 heteroatoms. The van der Waals surface area contributed by atoms with Crippen molar-refractivity contribution in [2.24, 2.45) is 0 Å². The fourth-order valence-electron chi connectivity index (χ4n) is 2.60. The molecule has 1 heterocycles. The maximum absolute atomic E-state index is 13.5. The highest BCUT2D eigenvalue weighted by Crippen LogP contribution is 2.33. The number of hydrogen-bond acceptors (Lipinski definition) is 4. The number of carboxylic acids is 1. The standard InChI is InChI=1S/C15H21FN2O5S/c1-14(2,3)17-24(21,22)18-15(8-23-9-15)12-5-4-11(16)6-10(12)7-13(19)20/h4-6,17-18H,7-9H2,1-3H3,(H,19,20). The molecule has 3 N–H and O–H groups in total. The van der Waals surface area contributed by atoms with Crippen LogP contribution in [0, 0.1) is 5.82 Å². The number of nitrogens with one attached hydrogen (secondary N) is 2. The quantitative estimate of drug-likeness (QED) is 0.699. The van der Waals surface area contributed by atoms with E-state index in [4.69, 9.17) is 9.84 Å². The molecule has 134 valence electrons. The Morgan fingerprint density at radius 1 is 1.38 bits per heavy atom. The van der Waals surface area contributed by atoms with E-state index in [1.807, 2.05) is 0 Å². The number of carbonyl (C=O) groups is 1. The summed E-state index contributed by atoms with van der Waals surface area (Å²) < 4.78 is 48.4. The van der Waals surface area contributed by atoms with Gasteiger partial charge in [0.15, 0.2) is 0 Å². The van der Waals surface area contributed by atoms with E-state index in [9.17, 15) is 17.6 Å². The summed E-state index contributed by atoms with van der Waals surface area (Å²) in [5.41, 5.74) is -1.19. The van der Waals surface area contributed by atoms with E-state index in [0.29, 0.717) is 5.56 Å². The lowest BCUT2D eigenvalue weighted by molar-refractivity contribution is -0.136. The van der Waals surface area contributed by atoms with Crippen LogP contribution in [0.5, 0.6) is 0 Å². The topological polar surface area (TPSA) is 105 Å². The van der Waals surface area contributed by atoms with Gasteiger partial charge in [0, 0.05) is 5.54 Å². The molecule has 0 spiro atoms. The van der Waals surface area contributed by atoms with Gasteiger partial charge in [-0.15, -0.1) is 0 Å². The number of rotatable bonds is 6. The summed E-state index contributed by atoms with van der Waals surface area (Å²) >= 11 is 0. The molecular formula is C15H21FN2O5S. The minimum absolute atomic E-state index is 0.0380. The van der Waals surface area contributed by atoms with Gasteiger partial charge in [0.2, 0.25) is 0 Å². The van der Waals surface area contributed by atoms with Crippen LogP contribution < -0.4 is 9.44 Å². The monoisotopic (exact) mass is 360 g/mol. The molecule has 1 fully saturated rings. The van der Waals surface area contributed by atoms with Gasteiger partial charge in [-0.25, -0.2) is 4.39 Å². The van der Waals surface area contributed by atoms with Crippen LogP contribution in [0.15, 0.2) is 18.2 Å². The molecule has 1 aliphatic rings. The molecule has 0 amide bonds. The molecule has 0 bridgehead atoms. The third-order valence-electron chi connectivity index (χ3n) is 3.39. The summed E-state index contributed by atoms with van der Waals surface area (Å²) in [5.74, 6) is -1.71. The molecular weight excluding hydrogens is 339 g/mol. The van der Waals surface area contributed by atoms with E-state index >= 15 is 0 Å². The molecule has 24 heavy (non-hydrogen) atoms. The van der Waals surface area contributed by atoms with Crippen LogP contribution in [0.4, 0.5) is 4.39 Å². The molecule has 1 aliphatic heterocycles. The van der Waals surface area contributed by atoms with Crippen molar-refractivity contribution in [3.8, 4) is 0 Å². The number of benzene rings is 1. The molecule has 2 rings (SSSR count). The van der Waals surface area contributed by atoms with Crippen LogP contribution in [0.2, 0.25) is 0 Å². The highest BCUT2D eigenvalue weighted by Gasteiger charge is 2.45. The second-order valence-electron chi connectivity index (χ2n) is 6.90. The molecule has 1 aromatic carbocycles. The number of aliphatic carboxylic acids is 1. The van der Waals surface area contributed by atoms with Crippen molar-refractivity contribution in [3.63, 3.8) is 0 Å². The van der Waals surface area contributed by atoms with E-state index < -0.39 is 39.5 Å². The van der Waals surface area contributed by atoms with Crippen molar-refractivity contribution < 1.29 is 27.4 Å². The number of ether oxygens (including phenoxy) is 1. The normalized spacial score (nSPS) is 17.3. The van der Waals surface area contributed by atoms with Gasteiger partial charge in [0.05, 0.1) is 19.6 Å². The van der Waals surface area contributed by atoms with Crippen molar-refractivity contribution in [1.82, 2.24) is 9.44 Å². The lowest BCUT2D eigenvalue weighted by Crippen LogP contribution is -2.63. The highest BCUT2D eigenvalue weighted by atomic mass is 32.2. The minimum Gasteiger partial charge on any atom is -0.481 e. The summed E-state index contributed by atoms with van der Waals surface area (Å²) in [4.78, 5) is 11.0. The molecule has 7 nitrogen and oxygen atoms in total. The van der Waals surface area contributed by atoms with E-state index in [1.165, 1.54) is 12.1 Å². The molecule has 0 atom stereocenters. The lowest BCUT2D eigenvalue weighted by Gasteiger charge is -2.43. The maximum Gasteiger partial charge on any atom is 0.307 e. The highest BCUT2D eigenvalue weighted by molar-refractivity contribution is 7.87. The number of halogens is 1. The van der Waals surface area contributed by atoms with Crippen LogP contribution >= 0.6 is 0 Å². The van der Waals surface area contributed by atoms with Crippen LogP contribution in [-0.4, -0.2) is 38.2 Å². The molecule has 0 aliphatic carbocycles. The fraction of sp³-hybridized carbons (Fsp3) is 0.533. The third-order valence-corrected chi connectivity index (χ3v) is 4.93. The Hall–Kier alpha value is -1.55. The summed E-state index contributed by atoms with van der Waals surface area (Å²) in [6.07, 6.45) is -0.413. The molecule has 0 unspecified atom stereocenters. The molecule has 1 saturated heterocycles. The smallest absolute Gasteiger partial charge is 0.307 e. The second-order valence-corrected chi connectivity index (χ2v) is 8.32. The molecule has 1 aromatic rings. The minimum atomic E-state index is -3.88. The van der Waals surface area contributed by atoms with Gasteiger partial charge in [-0.3, -0.25) is 4.79 Å². The van der Waals surface area contributed by atoms with Crippen LogP contribution in [0.3, 0.4) is 0 Å². The predicted molar refractivity (Wildman–Crippen MR) is 85.2 cm³/mol. The zero-order valence-corrected chi connectivity index (χ0v) is 14.5. The van der Waals surface area contributed by atoms with E-state index in [2.05, 4.69) is 9.44 Å². The van der Waals surface area contributed by atoms with Gasteiger partial charge in [-0.1, -0.05) is 6.07 Å². The van der Waals surface area contributed by atoms with E-state index in [1.54, 1.807) is 20.8 Å². The molecule has 0 saturated carbocycles. The SMILES string of the molecule is CC(C)(C)NS(=O)(=O)NC1(c2ccc(F)cc2CC(=O)O)COC1. The van der Waals surface area contributed by atoms with Crippen molar-refractivity contribution in [2.75, 3.05) is 13.2 Å². The first-order chi connectivity index (χ1) is 10.9. The van der Waals surface area contributed by atoms with Crippen LogP contribution in [0.1, 0.15) is 31.9 Å². The van der Waals surface area contributed by atoms with Crippen LogP contribution in [-0.2, 0) is 31.7 Å². The van der Waals surface area contributed by atoms with Crippen LogP contribution in [0.25, 0.3) is 0 Å². The summed E-state index contributed by atoms with van der Waals surface area (Å²) in [5, 5.41) is 9.02. The Kier molecular flexibility index (Phi) is 5.01. The van der Waals surface area contributed by atoms with Gasteiger partial charge in [0.25, 0.3) is 10.2 Å². The zero-order chi connectivity index (χ0) is 18.2. The first kappa shape index (κ1) is 18.8. The van der Waals surface area contributed by atoms with E-state index in [0.717, 1.165) is 6.07 Å².